The summed E-state index contributed by atoms with van der Waals surface area (Å²) in [6.07, 6.45) is 0.903. The lowest BCUT2D eigenvalue weighted by Gasteiger charge is -2.08. The molecular weight excluding hydrogens is 288 g/mol. The third kappa shape index (κ3) is 3.12. The number of ether oxygens (including phenoxy) is 1. The van der Waals surface area contributed by atoms with Crippen molar-refractivity contribution in [2.45, 2.75) is 19.6 Å². The van der Waals surface area contributed by atoms with Crippen LogP contribution >= 0.6 is 0 Å². The lowest BCUT2D eigenvalue weighted by molar-refractivity contribution is 0.306. The molecule has 4 nitrogen and oxygen atoms in total. The standard InChI is InChI=1S/C19H18N2O2/c1-2-4-14(5-3-1)13-22-16-8-6-15(7-9-16)19-21-17-12-20-11-10-18(17)23-19/h1-9,20H,10-13H2. The maximum Gasteiger partial charge on any atom is 0.226 e. The Kier molecular flexibility index (Phi) is 3.82. The molecule has 0 fully saturated rings. The van der Waals surface area contributed by atoms with Gasteiger partial charge in [0.2, 0.25) is 5.89 Å². The smallest absolute Gasteiger partial charge is 0.226 e. The summed E-state index contributed by atoms with van der Waals surface area (Å²) in [5.74, 6) is 2.53. The van der Waals surface area contributed by atoms with Gasteiger partial charge in [0, 0.05) is 25.1 Å². The van der Waals surface area contributed by atoms with Gasteiger partial charge in [0.15, 0.2) is 0 Å². The topological polar surface area (TPSA) is 47.3 Å². The first-order valence-corrected chi connectivity index (χ1v) is 7.85. The van der Waals surface area contributed by atoms with Gasteiger partial charge < -0.3 is 14.5 Å². The van der Waals surface area contributed by atoms with Crippen LogP contribution in [0.15, 0.2) is 59.0 Å². The molecule has 1 aromatic heterocycles. The molecule has 0 atom stereocenters. The highest BCUT2D eigenvalue weighted by atomic mass is 16.5. The van der Waals surface area contributed by atoms with E-state index in [0.717, 1.165) is 47.8 Å². The van der Waals surface area contributed by atoms with Crippen LogP contribution in [0.2, 0.25) is 0 Å². The second-order valence-electron chi connectivity index (χ2n) is 5.61. The summed E-state index contributed by atoms with van der Waals surface area (Å²) in [7, 11) is 0. The Morgan fingerprint density at radius 1 is 1.04 bits per heavy atom. The predicted octanol–water partition coefficient (Wildman–Crippen LogP) is 3.57. The van der Waals surface area contributed by atoms with Crippen LogP contribution < -0.4 is 10.1 Å². The minimum Gasteiger partial charge on any atom is -0.489 e. The van der Waals surface area contributed by atoms with E-state index >= 15 is 0 Å². The van der Waals surface area contributed by atoms with Gasteiger partial charge in [0.1, 0.15) is 18.1 Å². The minimum absolute atomic E-state index is 0.569. The molecule has 2 heterocycles. The number of benzene rings is 2. The lowest BCUT2D eigenvalue weighted by Crippen LogP contribution is -2.22. The lowest BCUT2D eigenvalue weighted by atomic mass is 10.2. The predicted molar refractivity (Wildman–Crippen MR) is 88.1 cm³/mol. The Bertz CT molecular complexity index is 755. The van der Waals surface area contributed by atoms with Gasteiger partial charge in [-0.1, -0.05) is 30.3 Å². The fourth-order valence-electron chi connectivity index (χ4n) is 2.68. The number of rotatable bonds is 4. The van der Waals surface area contributed by atoms with E-state index < -0.39 is 0 Å². The minimum atomic E-state index is 0.569. The molecule has 0 unspecified atom stereocenters. The number of fused-ring (bicyclic) bond motifs is 1. The largest absolute Gasteiger partial charge is 0.489 e. The van der Waals surface area contributed by atoms with Crippen molar-refractivity contribution in [2.24, 2.45) is 0 Å². The van der Waals surface area contributed by atoms with Crippen LogP contribution in [-0.4, -0.2) is 11.5 Å². The van der Waals surface area contributed by atoms with Crippen LogP contribution in [0.5, 0.6) is 5.75 Å². The van der Waals surface area contributed by atoms with Crippen LogP contribution in [0.3, 0.4) is 0 Å². The molecule has 1 aliphatic heterocycles. The number of hydrogen-bond donors (Lipinski definition) is 1. The van der Waals surface area contributed by atoms with Crippen LogP contribution in [-0.2, 0) is 19.6 Å². The fourth-order valence-corrected chi connectivity index (χ4v) is 2.68. The number of oxazole rings is 1. The van der Waals surface area contributed by atoms with E-state index in [0.29, 0.717) is 12.5 Å². The first-order chi connectivity index (χ1) is 11.4. The molecule has 23 heavy (non-hydrogen) atoms. The van der Waals surface area contributed by atoms with Gasteiger partial charge in [0.25, 0.3) is 0 Å². The van der Waals surface area contributed by atoms with Gasteiger partial charge in [-0.25, -0.2) is 4.98 Å². The molecule has 0 saturated carbocycles. The molecule has 0 saturated heterocycles. The molecule has 0 spiro atoms. The molecule has 0 radical (unpaired) electrons. The van der Waals surface area contributed by atoms with E-state index in [1.165, 1.54) is 0 Å². The van der Waals surface area contributed by atoms with Crippen molar-refractivity contribution in [1.82, 2.24) is 10.3 Å². The molecule has 2 aromatic carbocycles. The first-order valence-electron chi connectivity index (χ1n) is 7.85. The van der Waals surface area contributed by atoms with Crippen LogP contribution in [0.4, 0.5) is 0 Å². The summed E-state index contributed by atoms with van der Waals surface area (Å²) in [6, 6.07) is 18.0. The average Bonchev–Trinajstić information content (AvgIpc) is 3.05. The van der Waals surface area contributed by atoms with Crippen LogP contribution in [0.1, 0.15) is 17.0 Å². The van der Waals surface area contributed by atoms with Gasteiger partial charge in [-0.15, -0.1) is 0 Å². The number of aromatic nitrogens is 1. The Morgan fingerprint density at radius 2 is 1.87 bits per heavy atom. The zero-order valence-corrected chi connectivity index (χ0v) is 12.8. The monoisotopic (exact) mass is 306 g/mol. The van der Waals surface area contributed by atoms with E-state index in [1.54, 1.807) is 0 Å². The fraction of sp³-hybridized carbons (Fsp3) is 0.211. The van der Waals surface area contributed by atoms with E-state index in [9.17, 15) is 0 Å². The highest BCUT2D eigenvalue weighted by molar-refractivity contribution is 5.55. The zero-order chi connectivity index (χ0) is 15.5. The highest BCUT2D eigenvalue weighted by Crippen LogP contribution is 2.26. The van der Waals surface area contributed by atoms with Gasteiger partial charge in [-0.3, -0.25) is 0 Å². The zero-order valence-electron chi connectivity index (χ0n) is 12.8. The van der Waals surface area contributed by atoms with Crippen molar-refractivity contribution in [3.63, 3.8) is 0 Å². The molecule has 4 heteroatoms. The summed E-state index contributed by atoms with van der Waals surface area (Å²) in [5.41, 5.74) is 3.16. The molecule has 3 aromatic rings. The highest BCUT2D eigenvalue weighted by Gasteiger charge is 2.17. The summed E-state index contributed by atoms with van der Waals surface area (Å²) >= 11 is 0. The molecule has 0 aliphatic carbocycles. The summed E-state index contributed by atoms with van der Waals surface area (Å²) < 4.78 is 11.7. The van der Waals surface area contributed by atoms with Crippen molar-refractivity contribution < 1.29 is 9.15 Å². The van der Waals surface area contributed by atoms with E-state index in [-0.39, 0.29) is 0 Å². The number of hydrogen-bond acceptors (Lipinski definition) is 4. The third-order valence-corrected chi connectivity index (χ3v) is 3.95. The van der Waals surface area contributed by atoms with Gasteiger partial charge in [-0.2, -0.15) is 0 Å². The second kappa shape index (κ2) is 6.26. The van der Waals surface area contributed by atoms with Crippen molar-refractivity contribution in [2.75, 3.05) is 6.54 Å². The number of nitrogens with one attached hydrogen (secondary N) is 1. The second-order valence-corrected chi connectivity index (χ2v) is 5.61. The van der Waals surface area contributed by atoms with Gasteiger partial charge >= 0.3 is 0 Å². The summed E-state index contributed by atoms with van der Waals surface area (Å²) in [4.78, 5) is 4.57. The summed E-state index contributed by atoms with van der Waals surface area (Å²) in [5, 5.41) is 3.30. The van der Waals surface area contributed by atoms with Crippen molar-refractivity contribution in [3.8, 4) is 17.2 Å². The van der Waals surface area contributed by atoms with Crippen LogP contribution in [0, 0.1) is 0 Å². The SMILES string of the molecule is c1ccc(COc2ccc(-c3nc4c(o3)CCNC4)cc2)cc1. The Labute approximate surface area is 135 Å². The molecule has 0 bridgehead atoms. The maximum atomic E-state index is 5.87. The Hall–Kier alpha value is -2.59. The van der Waals surface area contributed by atoms with E-state index in [4.69, 9.17) is 9.15 Å². The van der Waals surface area contributed by atoms with Gasteiger partial charge in [0.05, 0.1) is 5.69 Å². The Morgan fingerprint density at radius 3 is 2.65 bits per heavy atom. The van der Waals surface area contributed by atoms with Crippen molar-refractivity contribution >= 4 is 0 Å². The molecule has 1 aliphatic rings. The quantitative estimate of drug-likeness (QED) is 0.800. The molecule has 4 rings (SSSR count). The Balaban J connectivity index is 1.46. The normalized spacial score (nSPS) is 13.6. The maximum absolute atomic E-state index is 5.87. The molecular formula is C19H18N2O2. The van der Waals surface area contributed by atoms with E-state index in [2.05, 4.69) is 22.4 Å². The van der Waals surface area contributed by atoms with Crippen molar-refractivity contribution in [3.05, 3.63) is 71.6 Å². The molecule has 0 amide bonds. The molecule has 116 valence electrons. The first kappa shape index (κ1) is 14.0. The third-order valence-electron chi connectivity index (χ3n) is 3.95. The molecule has 1 N–H and O–H groups in total. The van der Waals surface area contributed by atoms with E-state index in [1.807, 2.05) is 42.5 Å². The number of nitrogens with zero attached hydrogens (tertiary/aromatic N) is 1. The average molecular weight is 306 g/mol. The van der Waals surface area contributed by atoms with Crippen molar-refractivity contribution in [1.29, 1.82) is 0 Å². The van der Waals surface area contributed by atoms with Gasteiger partial charge in [-0.05, 0) is 29.8 Å². The van der Waals surface area contributed by atoms with Crippen LogP contribution in [0.25, 0.3) is 11.5 Å². The summed E-state index contributed by atoms with van der Waals surface area (Å²) in [6.45, 7) is 2.31.